The molecule has 0 aliphatic rings. The first-order valence-electron chi connectivity index (χ1n) is 5.72. The van der Waals surface area contributed by atoms with E-state index in [2.05, 4.69) is 15.0 Å². The number of hydrogen-bond acceptors (Lipinski definition) is 3. The molecule has 0 spiro atoms. The van der Waals surface area contributed by atoms with Crippen LogP contribution in [-0.4, -0.2) is 17.3 Å². The molecule has 0 bridgehead atoms. The summed E-state index contributed by atoms with van der Waals surface area (Å²) < 4.78 is 1.87. The highest BCUT2D eigenvalue weighted by Gasteiger charge is 2.11. The van der Waals surface area contributed by atoms with Gasteiger partial charge in [-0.2, -0.15) is 4.57 Å². The van der Waals surface area contributed by atoms with E-state index < -0.39 is 0 Å². The molecule has 94 valence electrons. The second-order valence-corrected chi connectivity index (χ2v) is 3.91. The Kier molecular flexibility index (Phi) is 4.21. The van der Waals surface area contributed by atoms with E-state index >= 15 is 0 Å². The SMILES string of the molecule is [N-]=[N+]=NCC(=O)c1c[n+](Cc2ccccc2)ccn1. The van der Waals surface area contributed by atoms with Gasteiger partial charge in [-0.1, -0.05) is 35.4 Å². The number of aromatic nitrogens is 2. The Balaban J connectivity index is 2.15. The number of benzene rings is 1. The van der Waals surface area contributed by atoms with Crippen molar-refractivity contribution in [3.05, 3.63) is 70.6 Å². The highest BCUT2D eigenvalue weighted by Crippen LogP contribution is 1.98. The van der Waals surface area contributed by atoms with Crippen LogP contribution in [0, 0.1) is 0 Å². The number of carbonyl (C=O) groups excluding carboxylic acids is 1. The van der Waals surface area contributed by atoms with Gasteiger partial charge in [0, 0.05) is 10.5 Å². The van der Waals surface area contributed by atoms with Crippen LogP contribution in [0.1, 0.15) is 16.1 Å². The van der Waals surface area contributed by atoms with E-state index in [1.165, 1.54) is 0 Å². The standard InChI is InChI=1S/C13H12N5O/c14-17-16-8-13(19)12-10-18(7-6-15-12)9-11-4-2-1-3-5-11/h1-7,10H,8-9H2/q+1. The third-order valence-corrected chi connectivity index (χ3v) is 2.53. The fraction of sp³-hybridized carbons (Fsp3) is 0.154. The number of nitrogens with zero attached hydrogens (tertiary/aromatic N) is 5. The lowest BCUT2D eigenvalue weighted by molar-refractivity contribution is -0.689. The molecule has 0 amide bonds. The molecule has 0 unspecified atom stereocenters. The van der Waals surface area contributed by atoms with Gasteiger partial charge in [-0.3, -0.25) is 4.79 Å². The summed E-state index contributed by atoms with van der Waals surface area (Å²) in [5.41, 5.74) is 9.62. The van der Waals surface area contributed by atoms with Crippen LogP contribution in [0.3, 0.4) is 0 Å². The second kappa shape index (κ2) is 6.28. The highest BCUT2D eigenvalue weighted by atomic mass is 16.1. The molecule has 2 aromatic rings. The minimum atomic E-state index is -0.291. The number of carbonyl (C=O) groups is 1. The van der Waals surface area contributed by atoms with Crippen LogP contribution in [0.15, 0.2) is 54.0 Å². The molecule has 0 aliphatic carbocycles. The third-order valence-electron chi connectivity index (χ3n) is 2.53. The molecular formula is C13H12N5O+. The van der Waals surface area contributed by atoms with Crippen LogP contribution in [0.5, 0.6) is 0 Å². The Hall–Kier alpha value is -2.72. The van der Waals surface area contributed by atoms with E-state index in [-0.39, 0.29) is 12.3 Å². The summed E-state index contributed by atoms with van der Waals surface area (Å²) in [6, 6.07) is 9.90. The lowest BCUT2D eigenvalue weighted by atomic mass is 10.2. The van der Waals surface area contributed by atoms with Crippen LogP contribution in [0.25, 0.3) is 10.4 Å². The molecular weight excluding hydrogens is 242 g/mol. The second-order valence-electron chi connectivity index (χ2n) is 3.91. The number of Topliss-reactive ketones (excluding diaryl/α,β-unsaturated/α-hetero) is 1. The molecule has 1 aromatic carbocycles. The monoisotopic (exact) mass is 254 g/mol. The summed E-state index contributed by atoms with van der Waals surface area (Å²) in [7, 11) is 0. The molecule has 0 atom stereocenters. The summed E-state index contributed by atoms with van der Waals surface area (Å²) in [6.07, 6.45) is 5.01. The van der Waals surface area contributed by atoms with E-state index in [0.29, 0.717) is 12.2 Å². The van der Waals surface area contributed by atoms with Crippen molar-refractivity contribution in [1.29, 1.82) is 0 Å². The van der Waals surface area contributed by atoms with Crippen molar-refractivity contribution in [2.75, 3.05) is 6.54 Å². The molecule has 2 rings (SSSR count). The van der Waals surface area contributed by atoms with Crippen molar-refractivity contribution in [2.45, 2.75) is 6.54 Å². The maximum Gasteiger partial charge on any atom is 0.198 e. The Labute approximate surface area is 110 Å². The Morgan fingerprint density at radius 2 is 2.16 bits per heavy atom. The molecule has 0 radical (unpaired) electrons. The molecule has 0 N–H and O–H groups in total. The summed E-state index contributed by atoms with van der Waals surface area (Å²) in [5.74, 6) is -0.291. The molecule has 6 heteroatoms. The quantitative estimate of drug-likeness (QED) is 0.268. The van der Waals surface area contributed by atoms with E-state index in [4.69, 9.17) is 5.53 Å². The maximum atomic E-state index is 11.7. The van der Waals surface area contributed by atoms with Gasteiger partial charge in [-0.05, 0) is 5.53 Å². The number of azide groups is 1. The number of hydrogen-bond donors (Lipinski definition) is 0. The topological polar surface area (TPSA) is 82.6 Å². The molecule has 0 aliphatic heterocycles. The zero-order valence-electron chi connectivity index (χ0n) is 10.2. The van der Waals surface area contributed by atoms with Crippen molar-refractivity contribution in [3.63, 3.8) is 0 Å². The zero-order chi connectivity index (χ0) is 13.5. The molecule has 1 heterocycles. The van der Waals surface area contributed by atoms with E-state index in [1.54, 1.807) is 18.6 Å². The fourth-order valence-electron chi connectivity index (χ4n) is 1.65. The highest BCUT2D eigenvalue weighted by molar-refractivity contribution is 5.95. The van der Waals surface area contributed by atoms with Gasteiger partial charge in [-0.25, -0.2) is 4.98 Å². The van der Waals surface area contributed by atoms with E-state index in [1.807, 2.05) is 34.9 Å². The van der Waals surface area contributed by atoms with Gasteiger partial charge in [0.2, 0.25) is 0 Å². The van der Waals surface area contributed by atoms with Crippen molar-refractivity contribution in [1.82, 2.24) is 4.98 Å². The maximum absolute atomic E-state index is 11.7. The fourth-order valence-corrected chi connectivity index (χ4v) is 1.65. The molecule has 1 aromatic heterocycles. The van der Waals surface area contributed by atoms with Gasteiger partial charge in [0.1, 0.15) is 0 Å². The van der Waals surface area contributed by atoms with Crippen molar-refractivity contribution >= 4 is 5.78 Å². The summed E-state index contributed by atoms with van der Waals surface area (Å²) in [6.45, 7) is 0.448. The van der Waals surface area contributed by atoms with Crippen LogP contribution in [0.4, 0.5) is 0 Å². The molecule has 0 saturated heterocycles. The van der Waals surface area contributed by atoms with Crippen LogP contribution < -0.4 is 4.57 Å². The van der Waals surface area contributed by atoms with E-state index in [9.17, 15) is 4.79 Å². The normalized spacial score (nSPS) is 9.68. The van der Waals surface area contributed by atoms with Gasteiger partial charge < -0.3 is 0 Å². The molecule has 19 heavy (non-hydrogen) atoms. The van der Waals surface area contributed by atoms with Crippen molar-refractivity contribution in [2.24, 2.45) is 5.11 Å². The smallest absolute Gasteiger partial charge is 0.198 e. The first-order valence-corrected chi connectivity index (χ1v) is 5.72. The average Bonchev–Trinajstić information content (AvgIpc) is 2.46. The Morgan fingerprint density at radius 3 is 2.89 bits per heavy atom. The minimum Gasteiger partial charge on any atom is -0.292 e. The summed E-state index contributed by atoms with van der Waals surface area (Å²) in [4.78, 5) is 18.2. The lowest BCUT2D eigenvalue weighted by Crippen LogP contribution is -2.35. The summed E-state index contributed by atoms with van der Waals surface area (Å²) in [5, 5.41) is 3.24. The van der Waals surface area contributed by atoms with Gasteiger partial charge >= 0.3 is 0 Å². The Bertz CT molecular complexity index is 620. The predicted molar refractivity (Wildman–Crippen MR) is 68.3 cm³/mol. The predicted octanol–water partition coefficient (Wildman–Crippen LogP) is 1.91. The number of ketones is 1. The Morgan fingerprint density at radius 1 is 1.37 bits per heavy atom. The molecule has 6 nitrogen and oxygen atoms in total. The van der Waals surface area contributed by atoms with Crippen LogP contribution in [0.2, 0.25) is 0 Å². The first-order chi connectivity index (χ1) is 9.29. The summed E-state index contributed by atoms with van der Waals surface area (Å²) >= 11 is 0. The van der Waals surface area contributed by atoms with Crippen LogP contribution >= 0.6 is 0 Å². The van der Waals surface area contributed by atoms with Gasteiger partial charge in [0.15, 0.2) is 30.4 Å². The van der Waals surface area contributed by atoms with E-state index in [0.717, 1.165) is 5.56 Å². The number of rotatable bonds is 5. The lowest BCUT2D eigenvalue weighted by Gasteiger charge is -1.99. The van der Waals surface area contributed by atoms with Gasteiger partial charge in [0.05, 0.1) is 12.7 Å². The van der Waals surface area contributed by atoms with Gasteiger partial charge in [-0.15, -0.1) is 0 Å². The largest absolute Gasteiger partial charge is 0.292 e. The zero-order valence-corrected chi connectivity index (χ0v) is 10.2. The van der Waals surface area contributed by atoms with Gasteiger partial charge in [0.25, 0.3) is 0 Å². The van der Waals surface area contributed by atoms with Crippen LogP contribution in [-0.2, 0) is 6.54 Å². The minimum absolute atomic E-state index is 0.209. The third kappa shape index (κ3) is 3.62. The average molecular weight is 254 g/mol. The molecule has 0 saturated carbocycles. The first kappa shape index (κ1) is 12.7. The van der Waals surface area contributed by atoms with Crippen molar-refractivity contribution in [3.8, 4) is 0 Å². The molecule has 0 fully saturated rings. The van der Waals surface area contributed by atoms with Crippen molar-refractivity contribution < 1.29 is 9.36 Å².